The van der Waals surface area contributed by atoms with E-state index in [4.69, 9.17) is 5.26 Å². The number of nitrogens with zero attached hydrogens (tertiary/aromatic N) is 1. The van der Waals surface area contributed by atoms with Gasteiger partial charge < -0.3 is 42.5 Å². The number of hydrogen-bond donors (Lipinski definition) is 8. The summed E-state index contributed by atoms with van der Waals surface area (Å²) >= 11 is 0. The Bertz CT molecular complexity index is 450. The lowest BCUT2D eigenvalue weighted by atomic mass is 9.97. The van der Waals surface area contributed by atoms with Crippen molar-refractivity contribution in [3.05, 3.63) is 0 Å². The Balaban J connectivity index is 1.97. The Morgan fingerprint density at radius 2 is 1.06 bits per heavy atom. The minimum absolute atomic E-state index is 0.00673. The summed E-state index contributed by atoms with van der Waals surface area (Å²) in [5.41, 5.74) is -0.0115. The first-order valence-corrected chi connectivity index (χ1v) is 12.3. The van der Waals surface area contributed by atoms with Crippen molar-refractivity contribution in [3.63, 3.8) is 0 Å². The van der Waals surface area contributed by atoms with Gasteiger partial charge >= 0.3 is 0 Å². The second-order valence-electron chi connectivity index (χ2n) is 9.12. The average Bonchev–Trinajstić information content (AvgIpc) is 2.79. The summed E-state index contributed by atoms with van der Waals surface area (Å²) in [5.74, 6) is 0. The Kier molecular flexibility index (Phi) is 13.5. The molecule has 9 heteroatoms. The molecule has 3 heterocycles. The highest BCUT2D eigenvalue weighted by molar-refractivity contribution is 4.97. The van der Waals surface area contributed by atoms with E-state index >= 15 is 0 Å². The summed E-state index contributed by atoms with van der Waals surface area (Å²) in [6.45, 7) is 12.3. The van der Waals surface area contributed by atoms with Crippen molar-refractivity contribution in [2.75, 3.05) is 92.1 Å². The molecule has 2 bridgehead atoms. The quantitative estimate of drug-likeness (QED) is 0.210. The fourth-order valence-electron chi connectivity index (χ4n) is 4.36. The van der Waals surface area contributed by atoms with Crippen LogP contribution in [0.4, 0.5) is 0 Å². The predicted octanol–water partition coefficient (Wildman–Crippen LogP) is -1.69. The number of rotatable bonds is 8. The summed E-state index contributed by atoms with van der Waals surface area (Å²) in [5, 5.41) is 38.2. The van der Waals surface area contributed by atoms with Crippen LogP contribution in [0.15, 0.2) is 0 Å². The van der Waals surface area contributed by atoms with Gasteiger partial charge in [-0.3, -0.25) is 0 Å². The van der Waals surface area contributed by atoms with Gasteiger partial charge in [0, 0.05) is 85.0 Å². The van der Waals surface area contributed by atoms with Crippen LogP contribution in [0.2, 0.25) is 0 Å². The number of fused-ring (bicyclic) bond motifs is 15. The van der Waals surface area contributed by atoms with Gasteiger partial charge in [0.15, 0.2) is 0 Å². The van der Waals surface area contributed by atoms with E-state index in [1.54, 1.807) is 0 Å². The molecule has 0 aromatic heterocycles. The molecule has 3 aliphatic heterocycles. The topological polar surface area (TPSA) is 120 Å². The molecule has 3 aliphatic rings. The first-order valence-electron chi connectivity index (χ1n) is 12.3. The van der Waals surface area contributed by atoms with E-state index in [2.05, 4.69) is 55.7 Å². The van der Waals surface area contributed by atoms with Gasteiger partial charge in [-0.05, 0) is 26.4 Å². The van der Waals surface area contributed by atoms with Crippen molar-refractivity contribution < 1.29 is 0 Å². The van der Waals surface area contributed by atoms with Crippen molar-refractivity contribution >= 4 is 0 Å². The minimum Gasteiger partial charge on any atom is -0.314 e. The van der Waals surface area contributed by atoms with E-state index < -0.39 is 0 Å². The maximum Gasteiger partial charge on any atom is 0.0621 e. The Labute approximate surface area is 189 Å². The fraction of sp³-hybridized carbons (Fsp3) is 0.955. The standard InChI is InChI=1S/C22H47N9/c1-24-21-15-25-9-12-28-18-22(19-29-13-10-26-16-21,20-30-14-11-27-17-21)31-8-6-4-2-3-5-7-23/h24-31H,2-6,8-20H2,1H3. The van der Waals surface area contributed by atoms with Gasteiger partial charge in [0.2, 0.25) is 0 Å². The summed E-state index contributed by atoms with van der Waals surface area (Å²) in [6.07, 6.45) is 5.19. The number of unbranched alkanes of at least 4 members (excludes halogenated alkanes) is 4. The molecule has 0 spiro atoms. The first kappa shape index (κ1) is 26.4. The zero-order chi connectivity index (χ0) is 22.1. The molecule has 31 heavy (non-hydrogen) atoms. The maximum atomic E-state index is 8.69. The minimum atomic E-state index is -0.0182. The molecule has 0 aromatic carbocycles. The zero-order valence-corrected chi connectivity index (χ0v) is 19.7. The van der Waals surface area contributed by atoms with Gasteiger partial charge in [-0.25, -0.2) is 0 Å². The molecular formula is C22H47N9. The van der Waals surface area contributed by atoms with Crippen molar-refractivity contribution in [1.29, 1.82) is 5.26 Å². The van der Waals surface area contributed by atoms with E-state index in [0.717, 1.165) is 104 Å². The smallest absolute Gasteiger partial charge is 0.0621 e. The third kappa shape index (κ3) is 10.6. The Morgan fingerprint density at radius 3 is 1.48 bits per heavy atom. The molecule has 0 radical (unpaired) electrons. The summed E-state index contributed by atoms with van der Waals surface area (Å²) in [4.78, 5) is 0. The second kappa shape index (κ2) is 15.9. The van der Waals surface area contributed by atoms with Gasteiger partial charge in [-0.2, -0.15) is 5.26 Å². The van der Waals surface area contributed by atoms with Crippen LogP contribution >= 0.6 is 0 Å². The average molecular weight is 438 g/mol. The molecule has 0 unspecified atom stereocenters. The number of nitriles is 1. The van der Waals surface area contributed by atoms with Crippen molar-refractivity contribution in [2.45, 2.75) is 43.2 Å². The summed E-state index contributed by atoms with van der Waals surface area (Å²) in [7, 11) is 2.07. The van der Waals surface area contributed by atoms with Crippen LogP contribution in [-0.4, -0.2) is 103 Å². The van der Waals surface area contributed by atoms with Crippen LogP contribution in [0.5, 0.6) is 0 Å². The number of nitrogens with one attached hydrogen (secondary N) is 8. The van der Waals surface area contributed by atoms with Crippen LogP contribution < -0.4 is 42.5 Å². The Hall–Kier alpha value is -0.830. The lowest BCUT2D eigenvalue weighted by Gasteiger charge is -2.38. The Morgan fingerprint density at radius 1 is 0.645 bits per heavy atom. The third-order valence-corrected chi connectivity index (χ3v) is 6.46. The summed E-state index contributed by atoms with van der Waals surface area (Å²) < 4.78 is 0. The predicted molar refractivity (Wildman–Crippen MR) is 128 cm³/mol. The van der Waals surface area contributed by atoms with Gasteiger partial charge in [0.05, 0.1) is 17.1 Å². The molecular weight excluding hydrogens is 390 g/mol. The van der Waals surface area contributed by atoms with E-state index in [1.165, 1.54) is 6.42 Å². The van der Waals surface area contributed by atoms with Crippen molar-refractivity contribution in [2.24, 2.45) is 0 Å². The van der Waals surface area contributed by atoms with Gasteiger partial charge in [0.1, 0.15) is 0 Å². The van der Waals surface area contributed by atoms with E-state index in [9.17, 15) is 0 Å². The highest BCUT2D eigenvalue weighted by Gasteiger charge is 2.30. The monoisotopic (exact) mass is 437 g/mol. The van der Waals surface area contributed by atoms with Crippen LogP contribution in [0, 0.1) is 11.3 Å². The highest BCUT2D eigenvalue weighted by Crippen LogP contribution is 2.06. The van der Waals surface area contributed by atoms with Crippen LogP contribution in [-0.2, 0) is 0 Å². The van der Waals surface area contributed by atoms with E-state index in [0.29, 0.717) is 6.42 Å². The zero-order valence-electron chi connectivity index (χ0n) is 19.7. The molecule has 0 aliphatic carbocycles. The van der Waals surface area contributed by atoms with Gasteiger partial charge in [-0.1, -0.05) is 12.8 Å². The molecule has 180 valence electrons. The van der Waals surface area contributed by atoms with E-state index in [1.807, 2.05) is 0 Å². The van der Waals surface area contributed by atoms with Gasteiger partial charge in [0.25, 0.3) is 0 Å². The lowest BCUT2D eigenvalue weighted by Crippen LogP contribution is -2.66. The number of hydrogen-bond acceptors (Lipinski definition) is 9. The molecule has 0 atom stereocenters. The molecule has 3 saturated heterocycles. The van der Waals surface area contributed by atoms with Crippen LogP contribution in [0.25, 0.3) is 0 Å². The molecule has 0 amide bonds. The highest BCUT2D eigenvalue weighted by atomic mass is 15.2. The van der Waals surface area contributed by atoms with Gasteiger partial charge in [-0.15, -0.1) is 0 Å². The molecule has 3 rings (SSSR count). The SMILES string of the molecule is CNC12CNCCNCC(NCCCCCCC#N)(CNCCNC1)CNCCNC2. The van der Waals surface area contributed by atoms with Crippen molar-refractivity contribution in [1.82, 2.24) is 42.5 Å². The molecule has 0 saturated carbocycles. The summed E-state index contributed by atoms with van der Waals surface area (Å²) in [6, 6.07) is 2.24. The normalized spacial score (nSPS) is 29.7. The molecule has 8 N–H and O–H groups in total. The molecule has 0 aromatic rings. The van der Waals surface area contributed by atoms with E-state index in [-0.39, 0.29) is 11.1 Å². The fourth-order valence-corrected chi connectivity index (χ4v) is 4.36. The first-order chi connectivity index (χ1) is 15.2. The second-order valence-corrected chi connectivity index (χ2v) is 9.12. The lowest BCUT2D eigenvalue weighted by molar-refractivity contribution is 0.260. The van der Waals surface area contributed by atoms with Crippen LogP contribution in [0.3, 0.4) is 0 Å². The molecule has 3 fully saturated rings. The number of likely N-dealkylation sites (N-methyl/N-ethyl adjacent to an activating group) is 1. The molecule has 9 nitrogen and oxygen atoms in total. The maximum absolute atomic E-state index is 8.69. The largest absolute Gasteiger partial charge is 0.314 e. The third-order valence-electron chi connectivity index (χ3n) is 6.46. The van der Waals surface area contributed by atoms with Crippen LogP contribution in [0.1, 0.15) is 32.1 Å². The van der Waals surface area contributed by atoms with Crippen molar-refractivity contribution in [3.8, 4) is 6.07 Å².